The monoisotopic (exact) mass is 462 g/mol. The van der Waals surface area contributed by atoms with E-state index in [1.807, 2.05) is 0 Å². The number of carbonyl (C=O) groups is 1. The summed E-state index contributed by atoms with van der Waals surface area (Å²) < 4.78 is 21.5. The van der Waals surface area contributed by atoms with Crippen molar-refractivity contribution in [1.82, 2.24) is 4.90 Å². The van der Waals surface area contributed by atoms with E-state index in [4.69, 9.17) is 23.9 Å². The van der Waals surface area contributed by atoms with Gasteiger partial charge in [0.1, 0.15) is 5.84 Å². The topological polar surface area (TPSA) is 69.6 Å². The fourth-order valence-electron chi connectivity index (χ4n) is 4.26. The number of amidine groups is 1. The zero-order valence-corrected chi connectivity index (χ0v) is 19.9. The van der Waals surface area contributed by atoms with E-state index in [-0.39, 0.29) is 0 Å². The normalized spacial score (nSPS) is 13.0. The van der Waals surface area contributed by atoms with Crippen molar-refractivity contribution < 1.29 is 23.7 Å². The van der Waals surface area contributed by atoms with Gasteiger partial charge in [0, 0.05) is 19.5 Å². The Bertz CT molecular complexity index is 1160. The predicted molar refractivity (Wildman–Crippen MR) is 133 cm³/mol. The van der Waals surface area contributed by atoms with Gasteiger partial charge in [-0.1, -0.05) is 42.5 Å². The Balaban J connectivity index is 1.32. The molecule has 0 radical (unpaired) electrons. The molecule has 0 spiro atoms. The van der Waals surface area contributed by atoms with Gasteiger partial charge in [-0.2, -0.15) is 0 Å². The molecule has 4 rings (SSSR count). The number of benzene rings is 3. The van der Waals surface area contributed by atoms with Gasteiger partial charge in [0.15, 0.2) is 11.5 Å². The average molecular weight is 463 g/mol. The molecule has 0 amide bonds. The van der Waals surface area contributed by atoms with Crippen LogP contribution >= 0.6 is 0 Å². The molecular weight excluding hydrogens is 432 g/mol. The molecule has 1 aliphatic rings. The maximum absolute atomic E-state index is 12.6. The second-order valence-electron chi connectivity index (χ2n) is 8.00. The molecule has 0 fully saturated rings. The lowest BCUT2D eigenvalue weighted by Gasteiger charge is -2.21. The summed E-state index contributed by atoms with van der Waals surface area (Å²) in [6.07, 6.45) is 1.51. The Morgan fingerprint density at radius 1 is 0.971 bits per heavy atom. The number of rotatable bonds is 10. The predicted octanol–water partition coefficient (Wildman–Crippen LogP) is 4.37. The number of aliphatic imine (C=N–C) groups is 1. The first-order valence-corrected chi connectivity index (χ1v) is 11.4. The van der Waals surface area contributed by atoms with E-state index in [0.29, 0.717) is 35.8 Å². The maximum atomic E-state index is 12.6. The van der Waals surface area contributed by atoms with E-state index < -0.39 is 5.97 Å². The van der Waals surface area contributed by atoms with E-state index in [0.717, 1.165) is 31.9 Å². The first-order valence-electron chi connectivity index (χ1n) is 11.4. The van der Waals surface area contributed by atoms with Crippen molar-refractivity contribution in [3.8, 4) is 17.2 Å². The van der Waals surface area contributed by atoms with Crippen LogP contribution in [0.3, 0.4) is 0 Å². The fraction of sp³-hybridized carbons (Fsp3) is 0.333. The smallest absolute Gasteiger partial charge is 0.338 e. The molecule has 34 heavy (non-hydrogen) atoms. The lowest BCUT2D eigenvalue weighted by molar-refractivity contribution is 0.0494. The summed E-state index contributed by atoms with van der Waals surface area (Å²) in [6.45, 7) is 2.78. The number of hydrogen-bond acceptors (Lipinski definition) is 7. The summed E-state index contributed by atoms with van der Waals surface area (Å²) >= 11 is 0. The SMILES string of the molecule is COc1cc(C(=O)OCCCN2CCN=C2Cc2cccc3ccccc23)cc(OC)c1OC. The zero-order chi connectivity index (χ0) is 23.9. The number of hydrogen-bond donors (Lipinski definition) is 0. The highest BCUT2D eigenvalue weighted by molar-refractivity contribution is 5.93. The van der Waals surface area contributed by atoms with Crippen LogP contribution in [0.5, 0.6) is 17.2 Å². The zero-order valence-electron chi connectivity index (χ0n) is 19.9. The van der Waals surface area contributed by atoms with Crippen LogP contribution in [-0.2, 0) is 11.2 Å². The Labute approximate surface area is 199 Å². The Morgan fingerprint density at radius 3 is 2.44 bits per heavy atom. The van der Waals surface area contributed by atoms with Gasteiger partial charge in [0.2, 0.25) is 5.75 Å². The molecule has 0 N–H and O–H groups in total. The molecule has 178 valence electrons. The third-order valence-corrected chi connectivity index (χ3v) is 5.96. The van der Waals surface area contributed by atoms with E-state index >= 15 is 0 Å². The van der Waals surface area contributed by atoms with Crippen LogP contribution in [0.25, 0.3) is 10.8 Å². The van der Waals surface area contributed by atoms with Crippen molar-refractivity contribution in [2.75, 3.05) is 47.6 Å². The van der Waals surface area contributed by atoms with E-state index in [2.05, 4.69) is 47.4 Å². The van der Waals surface area contributed by atoms with Crippen molar-refractivity contribution in [2.24, 2.45) is 4.99 Å². The molecule has 0 saturated heterocycles. The fourth-order valence-corrected chi connectivity index (χ4v) is 4.26. The van der Waals surface area contributed by atoms with Crippen molar-refractivity contribution in [1.29, 1.82) is 0 Å². The number of fused-ring (bicyclic) bond motifs is 1. The second kappa shape index (κ2) is 10.9. The van der Waals surface area contributed by atoms with Crippen LogP contribution in [0, 0.1) is 0 Å². The summed E-state index contributed by atoms with van der Waals surface area (Å²) in [6, 6.07) is 18.0. The average Bonchev–Trinajstić information content (AvgIpc) is 3.32. The minimum absolute atomic E-state index is 0.313. The first-order chi connectivity index (χ1) is 16.6. The van der Waals surface area contributed by atoms with Crippen LogP contribution in [-0.4, -0.2) is 64.3 Å². The van der Waals surface area contributed by atoms with Crippen molar-refractivity contribution >= 4 is 22.6 Å². The van der Waals surface area contributed by atoms with Crippen LogP contribution in [0.1, 0.15) is 22.3 Å². The second-order valence-corrected chi connectivity index (χ2v) is 8.00. The van der Waals surface area contributed by atoms with Crippen LogP contribution < -0.4 is 14.2 Å². The minimum atomic E-state index is -0.426. The molecule has 7 heteroatoms. The Kier molecular flexibility index (Phi) is 7.52. The van der Waals surface area contributed by atoms with Crippen LogP contribution in [0.4, 0.5) is 0 Å². The van der Waals surface area contributed by atoms with E-state index in [1.54, 1.807) is 12.1 Å². The third kappa shape index (κ3) is 5.09. The number of carbonyl (C=O) groups excluding carboxylic acids is 1. The number of methoxy groups -OCH3 is 3. The molecule has 0 unspecified atom stereocenters. The van der Waals surface area contributed by atoms with Gasteiger partial charge in [0.25, 0.3) is 0 Å². The summed E-state index contributed by atoms with van der Waals surface area (Å²) in [4.78, 5) is 19.6. The molecule has 7 nitrogen and oxygen atoms in total. The molecule has 0 aliphatic carbocycles. The third-order valence-electron chi connectivity index (χ3n) is 5.96. The summed E-state index contributed by atoms with van der Waals surface area (Å²) in [7, 11) is 4.55. The van der Waals surface area contributed by atoms with E-state index in [1.165, 1.54) is 37.7 Å². The Morgan fingerprint density at radius 2 is 1.71 bits per heavy atom. The van der Waals surface area contributed by atoms with Gasteiger partial charge in [0.05, 0.1) is 40.0 Å². The molecule has 0 saturated carbocycles. The minimum Gasteiger partial charge on any atom is -0.493 e. The molecule has 3 aromatic carbocycles. The molecule has 0 aromatic heterocycles. The maximum Gasteiger partial charge on any atom is 0.338 e. The highest BCUT2D eigenvalue weighted by Gasteiger charge is 2.20. The quantitative estimate of drug-likeness (QED) is 0.329. The summed E-state index contributed by atoms with van der Waals surface area (Å²) in [5.41, 5.74) is 1.63. The van der Waals surface area contributed by atoms with Gasteiger partial charge in [-0.3, -0.25) is 4.99 Å². The highest BCUT2D eigenvalue weighted by Crippen LogP contribution is 2.38. The molecule has 1 aliphatic heterocycles. The van der Waals surface area contributed by atoms with Gasteiger partial charge in [-0.25, -0.2) is 4.79 Å². The number of ether oxygens (including phenoxy) is 4. The lowest BCUT2D eigenvalue weighted by Crippen LogP contribution is -2.31. The Hall–Kier alpha value is -3.74. The number of esters is 1. The van der Waals surface area contributed by atoms with Crippen LogP contribution in [0.2, 0.25) is 0 Å². The summed E-state index contributed by atoms with van der Waals surface area (Å²) in [5, 5.41) is 2.50. The van der Waals surface area contributed by atoms with Crippen LogP contribution in [0.15, 0.2) is 59.6 Å². The van der Waals surface area contributed by atoms with Gasteiger partial charge < -0.3 is 23.8 Å². The first kappa shape index (κ1) is 23.4. The van der Waals surface area contributed by atoms with E-state index in [9.17, 15) is 4.79 Å². The molecule has 3 aromatic rings. The highest BCUT2D eigenvalue weighted by atomic mass is 16.5. The molecule has 1 heterocycles. The molecule has 0 atom stereocenters. The summed E-state index contributed by atoms with van der Waals surface area (Å²) in [5.74, 6) is 1.94. The lowest BCUT2D eigenvalue weighted by atomic mass is 10.0. The van der Waals surface area contributed by atoms with Gasteiger partial charge >= 0.3 is 5.97 Å². The standard InChI is InChI=1S/C27H30N2O5/c1-31-23-16-21(17-24(32-2)26(23)33-3)27(30)34-15-7-13-29-14-12-28-25(29)18-20-10-6-9-19-8-4-5-11-22(19)20/h4-6,8-11,16-17H,7,12-15,18H2,1-3H3. The van der Waals surface area contributed by atoms with Gasteiger partial charge in [-0.05, 0) is 34.9 Å². The number of nitrogens with zero attached hydrogens (tertiary/aromatic N) is 2. The van der Waals surface area contributed by atoms with Crippen molar-refractivity contribution in [3.05, 3.63) is 65.7 Å². The molecular formula is C27H30N2O5. The van der Waals surface area contributed by atoms with Crippen molar-refractivity contribution in [3.63, 3.8) is 0 Å². The molecule has 0 bridgehead atoms. The van der Waals surface area contributed by atoms with Crippen molar-refractivity contribution in [2.45, 2.75) is 12.8 Å². The van der Waals surface area contributed by atoms with Gasteiger partial charge in [-0.15, -0.1) is 0 Å². The largest absolute Gasteiger partial charge is 0.493 e.